The van der Waals surface area contributed by atoms with Crippen molar-refractivity contribution >= 4 is 0 Å². The number of hydrogen-bond donors (Lipinski definition) is 1. The van der Waals surface area contributed by atoms with E-state index in [-0.39, 0.29) is 12.3 Å². The summed E-state index contributed by atoms with van der Waals surface area (Å²) in [5.74, 6) is 0. The van der Waals surface area contributed by atoms with E-state index in [1.54, 1.807) is 0 Å². The molecule has 0 saturated heterocycles. The average Bonchev–Trinajstić information content (AvgIpc) is 2.42. The number of nitrogens with one attached hydrogen (secondary N) is 1. The first-order chi connectivity index (χ1) is 9.26. The Bertz CT molecular complexity index is 331. The molecule has 0 saturated carbocycles. The molecule has 108 valence electrons. The zero-order valence-corrected chi connectivity index (χ0v) is 12.6. The standard InChI is InChI=1S/C16H27NO2/c1-5-8-13-9-11-14(12-10-13)15(17-4)16(18-6-2)19-7-3/h9-12,15-17H,5-8H2,1-4H3. The van der Waals surface area contributed by atoms with Crippen molar-refractivity contribution in [2.45, 2.75) is 45.9 Å². The van der Waals surface area contributed by atoms with E-state index in [1.165, 1.54) is 17.5 Å². The van der Waals surface area contributed by atoms with Crippen LogP contribution in [0.4, 0.5) is 0 Å². The first kappa shape index (κ1) is 16.2. The van der Waals surface area contributed by atoms with E-state index < -0.39 is 0 Å². The molecule has 0 aromatic heterocycles. The second kappa shape index (κ2) is 9.08. The van der Waals surface area contributed by atoms with Gasteiger partial charge >= 0.3 is 0 Å². The minimum absolute atomic E-state index is 0.0653. The van der Waals surface area contributed by atoms with Gasteiger partial charge in [0.15, 0.2) is 6.29 Å². The summed E-state index contributed by atoms with van der Waals surface area (Å²) in [6.07, 6.45) is 2.07. The summed E-state index contributed by atoms with van der Waals surface area (Å²) in [4.78, 5) is 0. The Morgan fingerprint density at radius 3 is 2.00 bits per heavy atom. The summed E-state index contributed by atoms with van der Waals surface area (Å²) >= 11 is 0. The molecule has 1 aromatic carbocycles. The minimum Gasteiger partial charge on any atom is -0.351 e. The minimum atomic E-state index is -0.239. The van der Waals surface area contributed by atoms with Gasteiger partial charge in [-0.05, 0) is 38.4 Å². The molecule has 1 unspecified atom stereocenters. The van der Waals surface area contributed by atoms with E-state index in [0.29, 0.717) is 13.2 Å². The molecule has 3 nitrogen and oxygen atoms in total. The van der Waals surface area contributed by atoms with Crippen LogP contribution in [0.15, 0.2) is 24.3 Å². The van der Waals surface area contributed by atoms with Crippen molar-refractivity contribution in [2.24, 2.45) is 0 Å². The SMILES string of the molecule is CCCc1ccc(C(NC)C(OCC)OCC)cc1. The van der Waals surface area contributed by atoms with Crippen LogP contribution < -0.4 is 5.32 Å². The van der Waals surface area contributed by atoms with E-state index >= 15 is 0 Å². The smallest absolute Gasteiger partial charge is 0.176 e. The Balaban J connectivity index is 2.81. The fourth-order valence-electron chi connectivity index (χ4n) is 2.21. The Morgan fingerprint density at radius 2 is 1.58 bits per heavy atom. The molecular weight excluding hydrogens is 238 g/mol. The van der Waals surface area contributed by atoms with Crippen LogP contribution in [0.25, 0.3) is 0 Å². The Kier molecular flexibility index (Phi) is 7.72. The van der Waals surface area contributed by atoms with Crippen LogP contribution in [0.1, 0.15) is 44.4 Å². The molecular formula is C16H27NO2. The normalized spacial score (nSPS) is 12.9. The average molecular weight is 265 g/mol. The van der Waals surface area contributed by atoms with E-state index in [4.69, 9.17) is 9.47 Å². The Labute approximate surface area is 117 Å². The summed E-state index contributed by atoms with van der Waals surface area (Å²) in [6.45, 7) is 7.48. The zero-order chi connectivity index (χ0) is 14.1. The molecule has 0 heterocycles. The van der Waals surface area contributed by atoms with Gasteiger partial charge in [-0.2, -0.15) is 0 Å². The van der Waals surface area contributed by atoms with Crippen molar-refractivity contribution in [2.75, 3.05) is 20.3 Å². The van der Waals surface area contributed by atoms with Gasteiger partial charge in [-0.15, -0.1) is 0 Å². The molecule has 0 radical (unpaired) electrons. The van der Waals surface area contributed by atoms with Gasteiger partial charge in [0.05, 0.1) is 6.04 Å². The number of ether oxygens (including phenoxy) is 2. The fraction of sp³-hybridized carbons (Fsp3) is 0.625. The molecule has 1 aromatic rings. The quantitative estimate of drug-likeness (QED) is 0.695. The molecule has 0 bridgehead atoms. The van der Waals surface area contributed by atoms with Crippen LogP contribution in [0.3, 0.4) is 0 Å². The lowest BCUT2D eigenvalue weighted by atomic mass is 10.0. The number of likely N-dealkylation sites (N-methyl/N-ethyl adjacent to an activating group) is 1. The topological polar surface area (TPSA) is 30.5 Å². The van der Waals surface area contributed by atoms with Crippen LogP contribution in [0.5, 0.6) is 0 Å². The van der Waals surface area contributed by atoms with Crippen molar-refractivity contribution < 1.29 is 9.47 Å². The summed E-state index contributed by atoms with van der Waals surface area (Å²) in [6, 6.07) is 8.78. The maximum atomic E-state index is 5.68. The number of benzene rings is 1. The molecule has 0 aliphatic rings. The van der Waals surface area contributed by atoms with Crippen LogP contribution in [-0.2, 0) is 15.9 Å². The lowest BCUT2D eigenvalue weighted by molar-refractivity contribution is -0.154. The van der Waals surface area contributed by atoms with Crippen molar-refractivity contribution in [3.8, 4) is 0 Å². The first-order valence-corrected chi connectivity index (χ1v) is 7.26. The van der Waals surface area contributed by atoms with Gasteiger partial charge in [-0.3, -0.25) is 0 Å². The number of rotatable bonds is 9. The summed E-state index contributed by atoms with van der Waals surface area (Å²) < 4.78 is 11.4. The Morgan fingerprint density at radius 1 is 1.00 bits per heavy atom. The first-order valence-electron chi connectivity index (χ1n) is 7.26. The highest BCUT2D eigenvalue weighted by molar-refractivity contribution is 5.25. The molecule has 0 amide bonds. The van der Waals surface area contributed by atoms with Crippen molar-refractivity contribution in [3.63, 3.8) is 0 Å². The van der Waals surface area contributed by atoms with Crippen molar-refractivity contribution in [3.05, 3.63) is 35.4 Å². The van der Waals surface area contributed by atoms with E-state index in [1.807, 2.05) is 20.9 Å². The molecule has 19 heavy (non-hydrogen) atoms. The fourth-order valence-corrected chi connectivity index (χ4v) is 2.21. The highest BCUT2D eigenvalue weighted by Gasteiger charge is 2.22. The van der Waals surface area contributed by atoms with Gasteiger partial charge in [0.2, 0.25) is 0 Å². The Hall–Kier alpha value is -0.900. The molecule has 1 N–H and O–H groups in total. The van der Waals surface area contributed by atoms with Gasteiger partial charge in [0.25, 0.3) is 0 Å². The van der Waals surface area contributed by atoms with Gasteiger partial charge in [0, 0.05) is 13.2 Å². The molecule has 3 heteroatoms. The second-order valence-electron chi connectivity index (χ2n) is 4.54. The third-order valence-corrected chi connectivity index (χ3v) is 3.12. The highest BCUT2D eigenvalue weighted by atomic mass is 16.7. The number of hydrogen-bond acceptors (Lipinski definition) is 3. The van der Waals surface area contributed by atoms with Crippen molar-refractivity contribution in [1.29, 1.82) is 0 Å². The molecule has 1 rings (SSSR count). The monoisotopic (exact) mass is 265 g/mol. The van der Waals surface area contributed by atoms with E-state index in [0.717, 1.165) is 6.42 Å². The van der Waals surface area contributed by atoms with Crippen molar-refractivity contribution in [1.82, 2.24) is 5.32 Å². The molecule has 0 spiro atoms. The largest absolute Gasteiger partial charge is 0.351 e. The predicted octanol–water partition coefficient (Wildman–Crippen LogP) is 3.30. The molecule has 0 aliphatic heterocycles. The van der Waals surface area contributed by atoms with Gasteiger partial charge in [0.1, 0.15) is 0 Å². The highest BCUT2D eigenvalue weighted by Crippen LogP contribution is 2.21. The van der Waals surface area contributed by atoms with E-state index in [2.05, 4.69) is 36.5 Å². The third-order valence-electron chi connectivity index (χ3n) is 3.12. The summed E-state index contributed by atoms with van der Waals surface area (Å²) in [7, 11) is 1.94. The van der Waals surface area contributed by atoms with Gasteiger partial charge in [-0.1, -0.05) is 37.6 Å². The maximum absolute atomic E-state index is 5.68. The molecule has 0 fully saturated rings. The van der Waals surface area contributed by atoms with Gasteiger partial charge in [-0.25, -0.2) is 0 Å². The predicted molar refractivity (Wildman–Crippen MR) is 79.3 cm³/mol. The van der Waals surface area contributed by atoms with Crippen LogP contribution in [-0.4, -0.2) is 26.6 Å². The lowest BCUT2D eigenvalue weighted by Crippen LogP contribution is -2.34. The second-order valence-corrected chi connectivity index (χ2v) is 4.54. The summed E-state index contributed by atoms with van der Waals surface area (Å²) in [5.41, 5.74) is 2.58. The lowest BCUT2D eigenvalue weighted by Gasteiger charge is -2.26. The molecule has 1 atom stereocenters. The van der Waals surface area contributed by atoms with Crippen LogP contribution in [0.2, 0.25) is 0 Å². The summed E-state index contributed by atoms with van der Waals surface area (Å²) in [5, 5.41) is 3.29. The number of aryl methyl sites for hydroxylation is 1. The third kappa shape index (κ3) is 4.94. The zero-order valence-electron chi connectivity index (χ0n) is 12.6. The van der Waals surface area contributed by atoms with Gasteiger partial charge < -0.3 is 14.8 Å². The maximum Gasteiger partial charge on any atom is 0.176 e. The van der Waals surface area contributed by atoms with Crippen LogP contribution >= 0.6 is 0 Å². The van der Waals surface area contributed by atoms with Crippen LogP contribution in [0, 0.1) is 0 Å². The molecule has 0 aliphatic carbocycles. The van der Waals surface area contributed by atoms with E-state index in [9.17, 15) is 0 Å².